The summed E-state index contributed by atoms with van der Waals surface area (Å²) < 4.78 is 5.46. The normalized spacial score (nSPS) is 11.7. The van der Waals surface area contributed by atoms with Crippen molar-refractivity contribution in [3.63, 3.8) is 0 Å². The van der Waals surface area contributed by atoms with Crippen LogP contribution < -0.4 is 0 Å². The van der Waals surface area contributed by atoms with Gasteiger partial charge in [0.15, 0.2) is 0 Å². The summed E-state index contributed by atoms with van der Waals surface area (Å²) in [5.74, 6) is 0.245. The molecular weight excluding hydrogens is 432 g/mol. The maximum Gasteiger partial charge on any atom is 0.306 e. The zero-order chi connectivity index (χ0) is 25.8. The quantitative estimate of drug-likeness (QED) is 0.130. The van der Waals surface area contributed by atoms with Gasteiger partial charge in [-0.25, -0.2) is 0 Å². The number of carbonyl (C=O) groups is 1. The van der Waals surface area contributed by atoms with Crippen LogP contribution in [-0.2, 0) is 21.4 Å². The van der Waals surface area contributed by atoms with Crippen LogP contribution in [0.3, 0.4) is 0 Å². The van der Waals surface area contributed by atoms with Gasteiger partial charge >= 0.3 is 5.97 Å². The number of phenols is 1. The first-order chi connectivity index (χ1) is 16.9. The summed E-state index contributed by atoms with van der Waals surface area (Å²) in [6.07, 6.45) is 23.0. The van der Waals surface area contributed by atoms with E-state index in [9.17, 15) is 9.90 Å². The highest BCUT2D eigenvalue weighted by Crippen LogP contribution is 2.35. The van der Waals surface area contributed by atoms with E-state index in [-0.39, 0.29) is 11.4 Å². The van der Waals surface area contributed by atoms with Crippen LogP contribution in [0, 0.1) is 0 Å². The van der Waals surface area contributed by atoms with Crippen molar-refractivity contribution in [2.75, 3.05) is 6.61 Å². The van der Waals surface area contributed by atoms with Crippen LogP contribution in [0.1, 0.15) is 154 Å². The molecule has 0 atom stereocenters. The second-order valence-corrected chi connectivity index (χ2v) is 11.2. The Morgan fingerprint density at radius 2 is 1.29 bits per heavy atom. The lowest BCUT2D eigenvalue weighted by molar-refractivity contribution is -0.143. The summed E-state index contributed by atoms with van der Waals surface area (Å²) in [6, 6.07) is 5.78. The molecule has 35 heavy (non-hydrogen) atoms. The molecule has 3 heteroatoms. The molecule has 0 aliphatic rings. The van der Waals surface area contributed by atoms with Crippen molar-refractivity contribution >= 4 is 5.97 Å². The minimum atomic E-state index is -0.112. The number of unbranched alkanes of at least 4 members (excludes halogenated alkanes) is 14. The molecule has 1 aromatic carbocycles. The summed E-state index contributed by atoms with van der Waals surface area (Å²) in [5, 5.41) is 10.4. The fourth-order valence-corrected chi connectivity index (χ4v) is 4.84. The molecule has 0 amide bonds. The molecular formula is C32H56O3. The second kappa shape index (κ2) is 19.7. The number of esters is 1. The number of aryl methyl sites for hydroxylation is 1. The van der Waals surface area contributed by atoms with Crippen molar-refractivity contribution in [2.24, 2.45) is 0 Å². The number of benzene rings is 1. The van der Waals surface area contributed by atoms with Crippen molar-refractivity contribution in [2.45, 2.75) is 155 Å². The van der Waals surface area contributed by atoms with E-state index >= 15 is 0 Å². The number of carbonyl (C=O) groups excluding carboxylic acids is 1. The van der Waals surface area contributed by atoms with Gasteiger partial charge < -0.3 is 9.84 Å². The molecule has 0 aliphatic heterocycles. The molecule has 0 fully saturated rings. The maximum absolute atomic E-state index is 12.2. The summed E-state index contributed by atoms with van der Waals surface area (Å²) in [5.41, 5.74) is 2.01. The van der Waals surface area contributed by atoms with Crippen LogP contribution in [-0.4, -0.2) is 17.7 Å². The molecule has 0 bridgehead atoms. The Labute approximate surface area is 217 Å². The van der Waals surface area contributed by atoms with Crippen molar-refractivity contribution in [1.29, 1.82) is 0 Å². The molecule has 0 radical (unpaired) electrons. The minimum Gasteiger partial charge on any atom is -0.508 e. The van der Waals surface area contributed by atoms with E-state index in [1.54, 1.807) is 6.07 Å². The first kappa shape index (κ1) is 31.5. The summed E-state index contributed by atoms with van der Waals surface area (Å²) in [6.45, 7) is 9.38. The topological polar surface area (TPSA) is 46.5 Å². The molecule has 3 nitrogen and oxygen atoms in total. The van der Waals surface area contributed by atoms with Crippen molar-refractivity contribution < 1.29 is 14.6 Å². The van der Waals surface area contributed by atoms with Crippen LogP contribution in [0.4, 0.5) is 0 Å². The zero-order valence-electron chi connectivity index (χ0n) is 23.6. The molecule has 0 heterocycles. The highest BCUT2D eigenvalue weighted by Gasteiger charge is 2.23. The summed E-state index contributed by atoms with van der Waals surface area (Å²) >= 11 is 0. The fraction of sp³-hybridized carbons (Fsp3) is 0.781. The average molecular weight is 489 g/mol. The standard InChI is InChI=1S/C32H56O3/c1-5-7-9-10-11-12-13-14-15-16-17-18-19-20-26-35-31(34)24-22-28-21-23-30(33)29(27-28)32(3,4)25-8-6-2/h21,23,27,33H,5-20,22,24-26H2,1-4H3. The lowest BCUT2D eigenvalue weighted by Crippen LogP contribution is -2.17. The number of aromatic hydroxyl groups is 1. The number of hydrogen-bond donors (Lipinski definition) is 1. The van der Waals surface area contributed by atoms with Gasteiger partial charge in [0.25, 0.3) is 0 Å². The van der Waals surface area contributed by atoms with E-state index in [2.05, 4.69) is 33.8 Å². The molecule has 0 saturated carbocycles. The predicted octanol–water partition coefficient (Wildman–Crippen LogP) is 9.82. The third-order valence-electron chi connectivity index (χ3n) is 7.32. The summed E-state index contributed by atoms with van der Waals surface area (Å²) in [4.78, 5) is 12.2. The molecule has 202 valence electrons. The van der Waals surface area contributed by atoms with E-state index in [0.717, 1.165) is 43.2 Å². The van der Waals surface area contributed by atoms with Gasteiger partial charge in [0.1, 0.15) is 5.75 Å². The fourth-order valence-electron chi connectivity index (χ4n) is 4.84. The Morgan fingerprint density at radius 1 is 0.771 bits per heavy atom. The predicted molar refractivity (Wildman–Crippen MR) is 150 cm³/mol. The first-order valence-electron chi connectivity index (χ1n) is 14.9. The number of ether oxygens (including phenoxy) is 1. The van der Waals surface area contributed by atoms with Gasteiger partial charge in [0.2, 0.25) is 0 Å². The Bertz CT molecular complexity index is 665. The van der Waals surface area contributed by atoms with Gasteiger partial charge in [0, 0.05) is 6.42 Å². The van der Waals surface area contributed by atoms with Crippen LogP contribution >= 0.6 is 0 Å². The van der Waals surface area contributed by atoms with Gasteiger partial charge in [0.05, 0.1) is 6.61 Å². The van der Waals surface area contributed by atoms with Gasteiger partial charge in [-0.2, -0.15) is 0 Å². The number of hydrogen-bond acceptors (Lipinski definition) is 3. The largest absolute Gasteiger partial charge is 0.508 e. The van der Waals surface area contributed by atoms with E-state index in [1.165, 1.54) is 77.0 Å². The molecule has 1 rings (SSSR count). The monoisotopic (exact) mass is 488 g/mol. The molecule has 1 aromatic rings. The Hall–Kier alpha value is -1.51. The molecule has 0 spiro atoms. The Morgan fingerprint density at radius 3 is 1.83 bits per heavy atom. The SMILES string of the molecule is CCCCCCCCCCCCCCCCOC(=O)CCc1ccc(O)c(C(C)(C)CCCC)c1. The molecule has 0 aliphatic carbocycles. The van der Waals surface area contributed by atoms with E-state index in [0.29, 0.717) is 25.2 Å². The van der Waals surface area contributed by atoms with Crippen molar-refractivity contribution in [3.8, 4) is 5.75 Å². The lowest BCUT2D eigenvalue weighted by Gasteiger charge is -2.26. The smallest absolute Gasteiger partial charge is 0.306 e. The highest BCUT2D eigenvalue weighted by molar-refractivity contribution is 5.69. The third kappa shape index (κ3) is 15.3. The summed E-state index contributed by atoms with van der Waals surface area (Å²) in [7, 11) is 0. The van der Waals surface area contributed by atoms with E-state index in [4.69, 9.17) is 4.74 Å². The van der Waals surface area contributed by atoms with Crippen LogP contribution in [0.15, 0.2) is 18.2 Å². The third-order valence-corrected chi connectivity index (χ3v) is 7.32. The molecule has 0 aromatic heterocycles. The Kier molecular flexibility index (Phi) is 17.7. The van der Waals surface area contributed by atoms with Crippen molar-refractivity contribution in [1.82, 2.24) is 0 Å². The van der Waals surface area contributed by atoms with E-state index in [1.807, 2.05) is 6.07 Å². The molecule has 1 N–H and O–H groups in total. The van der Waals surface area contributed by atoms with E-state index < -0.39 is 0 Å². The van der Waals surface area contributed by atoms with Gasteiger partial charge in [-0.15, -0.1) is 0 Å². The van der Waals surface area contributed by atoms with Gasteiger partial charge in [-0.1, -0.05) is 136 Å². The average Bonchev–Trinajstić information content (AvgIpc) is 2.84. The Balaban J connectivity index is 2.07. The molecule has 0 saturated heterocycles. The number of rotatable bonds is 22. The highest BCUT2D eigenvalue weighted by atomic mass is 16.5. The lowest BCUT2D eigenvalue weighted by atomic mass is 9.79. The van der Waals surface area contributed by atoms with Crippen LogP contribution in [0.5, 0.6) is 5.75 Å². The van der Waals surface area contributed by atoms with Crippen LogP contribution in [0.25, 0.3) is 0 Å². The maximum atomic E-state index is 12.2. The first-order valence-corrected chi connectivity index (χ1v) is 14.9. The van der Waals surface area contributed by atoms with Crippen molar-refractivity contribution in [3.05, 3.63) is 29.3 Å². The van der Waals surface area contributed by atoms with Crippen LogP contribution in [0.2, 0.25) is 0 Å². The zero-order valence-corrected chi connectivity index (χ0v) is 23.6. The second-order valence-electron chi connectivity index (χ2n) is 11.2. The minimum absolute atomic E-state index is 0.0650. The number of phenolic OH excluding ortho intramolecular Hbond substituents is 1. The van der Waals surface area contributed by atoms with Gasteiger partial charge in [-0.05, 0) is 41.9 Å². The van der Waals surface area contributed by atoms with Gasteiger partial charge in [-0.3, -0.25) is 4.79 Å². The molecule has 0 unspecified atom stereocenters.